The van der Waals surface area contributed by atoms with Gasteiger partial charge in [0.1, 0.15) is 0 Å². The second-order valence-corrected chi connectivity index (χ2v) is 8.27. The van der Waals surface area contributed by atoms with Crippen molar-refractivity contribution in [1.29, 1.82) is 0 Å². The average Bonchev–Trinajstić information content (AvgIpc) is 2.90. The Labute approximate surface area is 211 Å². The van der Waals surface area contributed by atoms with Crippen LogP contribution in [0.2, 0.25) is 0 Å². The summed E-state index contributed by atoms with van der Waals surface area (Å²) in [6, 6.07) is 23.3. The maximum Gasteiger partial charge on any atom is 0.251 e. The van der Waals surface area contributed by atoms with E-state index in [0.717, 1.165) is 12.0 Å². The fourth-order valence-corrected chi connectivity index (χ4v) is 3.52. The van der Waals surface area contributed by atoms with E-state index in [1.54, 1.807) is 55.6 Å². The second-order valence-electron chi connectivity index (χ2n) is 8.27. The highest BCUT2D eigenvalue weighted by Gasteiger charge is 2.12. The molecule has 0 aliphatic rings. The van der Waals surface area contributed by atoms with Gasteiger partial charge in [-0.3, -0.25) is 14.4 Å². The normalized spacial score (nSPS) is 11.3. The van der Waals surface area contributed by atoms with Gasteiger partial charge < -0.3 is 26.0 Å². The van der Waals surface area contributed by atoms with Crippen LogP contribution in [0.4, 0.5) is 11.4 Å². The summed E-state index contributed by atoms with van der Waals surface area (Å²) in [5.41, 5.74) is 3.14. The molecule has 3 aromatic carbocycles. The number of methoxy groups -OCH3 is 1. The summed E-state index contributed by atoms with van der Waals surface area (Å²) in [5, 5.41) is 11.6. The minimum Gasteiger partial charge on any atom is -0.385 e. The number of hydrogen-bond acceptors (Lipinski definition) is 5. The molecular formula is C28H32N4O4. The lowest BCUT2D eigenvalue weighted by atomic mass is 10.1. The predicted octanol–water partition coefficient (Wildman–Crippen LogP) is 3.99. The first-order valence-corrected chi connectivity index (χ1v) is 11.8. The minimum atomic E-state index is -0.278. The molecule has 3 rings (SSSR count). The molecule has 4 N–H and O–H groups in total. The van der Waals surface area contributed by atoms with Gasteiger partial charge >= 0.3 is 0 Å². The van der Waals surface area contributed by atoms with Gasteiger partial charge in [0, 0.05) is 42.8 Å². The van der Waals surface area contributed by atoms with Crippen LogP contribution in [-0.4, -0.2) is 44.5 Å². The number of carbonyl (C=O) groups excluding carboxylic acids is 3. The van der Waals surface area contributed by atoms with Crippen LogP contribution < -0.4 is 21.3 Å². The molecule has 0 saturated carbocycles. The van der Waals surface area contributed by atoms with Crippen LogP contribution >= 0.6 is 0 Å². The molecule has 0 fully saturated rings. The van der Waals surface area contributed by atoms with Gasteiger partial charge in [0.05, 0.1) is 12.6 Å². The number of rotatable bonds is 12. The Hall–Kier alpha value is -4.17. The molecule has 0 aliphatic carbocycles. The zero-order valence-electron chi connectivity index (χ0n) is 20.5. The standard InChI is InChI=1S/C28H32N4O4/c1-20(21-9-4-3-5-10-21)31-28(35)23-12-6-13-24(17-23)30-19-26(33)32-25-14-7-11-22(18-25)27(34)29-15-8-16-36-2/h3-7,9-14,17-18,20,30H,8,15-16,19H2,1-2H3,(H,29,34)(H,31,35)(H,32,33). The van der Waals surface area contributed by atoms with Crippen molar-refractivity contribution >= 4 is 29.1 Å². The lowest BCUT2D eigenvalue weighted by Gasteiger charge is -2.15. The molecule has 0 aromatic heterocycles. The Morgan fingerprint density at radius 1 is 0.833 bits per heavy atom. The van der Waals surface area contributed by atoms with Crippen molar-refractivity contribution in [1.82, 2.24) is 10.6 Å². The molecule has 188 valence electrons. The molecular weight excluding hydrogens is 456 g/mol. The summed E-state index contributed by atoms with van der Waals surface area (Å²) in [5.74, 6) is -0.686. The fraction of sp³-hybridized carbons (Fsp3) is 0.250. The lowest BCUT2D eigenvalue weighted by Crippen LogP contribution is -2.27. The van der Waals surface area contributed by atoms with E-state index in [1.807, 2.05) is 37.3 Å². The van der Waals surface area contributed by atoms with Crippen molar-refractivity contribution in [3.63, 3.8) is 0 Å². The van der Waals surface area contributed by atoms with Crippen LogP contribution in [0.25, 0.3) is 0 Å². The summed E-state index contributed by atoms with van der Waals surface area (Å²) in [4.78, 5) is 37.4. The summed E-state index contributed by atoms with van der Waals surface area (Å²) in [6.45, 7) is 3.01. The van der Waals surface area contributed by atoms with Gasteiger partial charge in [-0.05, 0) is 55.3 Å². The Balaban J connectivity index is 1.50. The van der Waals surface area contributed by atoms with Crippen molar-refractivity contribution in [3.8, 4) is 0 Å². The van der Waals surface area contributed by atoms with Crippen molar-refractivity contribution in [2.45, 2.75) is 19.4 Å². The zero-order chi connectivity index (χ0) is 25.8. The number of carbonyl (C=O) groups is 3. The van der Waals surface area contributed by atoms with Gasteiger partial charge in [-0.1, -0.05) is 42.5 Å². The smallest absolute Gasteiger partial charge is 0.251 e. The summed E-state index contributed by atoms with van der Waals surface area (Å²) in [7, 11) is 1.61. The Kier molecular flexibility index (Phi) is 10.0. The van der Waals surface area contributed by atoms with Crippen molar-refractivity contribution in [2.24, 2.45) is 0 Å². The Morgan fingerprint density at radius 3 is 2.22 bits per heavy atom. The first-order valence-electron chi connectivity index (χ1n) is 11.8. The molecule has 3 aromatic rings. The van der Waals surface area contributed by atoms with E-state index in [-0.39, 0.29) is 30.3 Å². The van der Waals surface area contributed by atoms with E-state index < -0.39 is 0 Å². The van der Waals surface area contributed by atoms with Crippen LogP contribution in [0.3, 0.4) is 0 Å². The Morgan fingerprint density at radius 2 is 1.50 bits per heavy atom. The third kappa shape index (κ3) is 8.25. The van der Waals surface area contributed by atoms with E-state index in [2.05, 4.69) is 21.3 Å². The fourth-order valence-electron chi connectivity index (χ4n) is 3.52. The molecule has 1 unspecified atom stereocenters. The second kappa shape index (κ2) is 13.7. The van der Waals surface area contributed by atoms with Gasteiger partial charge in [-0.15, -0.1) is 0 Å². The first kappa shape index (κ1) is 26.4. The third-order valence-corrected chi connectivity index (χ3v) is 5.44. The number of ether oxygens (including phenoxy) is 1. The van der Waals surface area contributed by atoms with E-state index >= 15 is 0 Å². The van der Waals surface area contributed by atoms with E-state index in [0.29, 0.717) is 35.7 Å². The largest absolute Gasteiger partial charge is 0.385 e. The van der Waals surface area contributed by atoms with Crippen LogP contribution in [0, 0.1) is 0 Å². The molecule has 0 radical (unpaired) electrons. The Bertz CT molecular complexity index is 1170. The molecule has 8 heteroatoms. The maximum absolute atomic E-state index is 12.7. The average molecular weight is 489 g/mol. The highest BCUT2D eigenvalue weighted by Crippen LogP contribution is 2.15. The molecule has 8 nitrogen and oxygen atoms in total. The van der Waals surface area contributed by atoms with E-state index in [9.17, 15) is 14.4 Å². The number of benzene rings is 3. The van der Waals surface area contributed by atoms with Crippen molar-refractivity contribution in [3.05, 3.63) is 95.6 Å². The monoisotopic (exact) mass is 488 g/mol. The number of amides is 3. The third-order valence-electron chi connectivity index (χ3n) is 5.44. The quantitative estimate of drug-likeness (QED) is 0.288. The van der Waals surface area contributed by atoms with E-state index in [4.69, 9.17) is 4.74 Å². The maximum atomic E-state index is 12.7. The number of anilines is 2. The van der Waals surface area contributed by atoms with Gasteiger partial charge in [0.15, 0.2) is 0 Å². The first-order chi connectivity index (χ1) is 17.5. The summed E-state index contributed by atoms with van der Waals surface area (Å²) < 4.78 is 4.97. The SMILES string of the molecule is COCCCNC(=O)c1cccc(NC(=O)CNc2cccc(C(=O)NC(C)c3ccccc3)c2)c1. The predicted molar refractivity (Wildman–Crippen MR) is 141 cm³/mol. The van der Waals surface area contributed by atoms with Crippen LogP contribution in [0.15, 0.2) is 78.9 Å². The molecule has 0 saturated heterocycles. The van der Waals surface area contributed by atoms with E-state index in [1.165, 1.54) is 0 Å². The topological polar surface area (TPSA) is 109 Å². The number of hydrogen-bond donors (Lipinski definition) is 4. The molecule has 36 heavy (non-hydrogen) atoms. The summed E-state index contributed by atoms with van der Waals surface area (Å²) >= 11 is 0. The van der Waals surface area contributed by atoms with Crippen LogP contribution in [0.1, 0.15) is 45.7 Å². The highest BCUT2D eigenvalue weighted by atomic mass is 16.5. The van der Waals surface area contributed by atoms with Crippen molar-refractivity contribution < 1.29 is 19.1 Å². The van der Waals surface area contributed by atoms with Crippen LogP contribution in [-0.2, 0) is 9.53 Å². The molecule has 0 bridgehead atoms. The molecule has 3 amide bonds. The van der Waals surface area contributed by atoms with Gasteiger partial charge in [0.25, 0.3) is 11.8 Å². The van der Waals surface area contributed by atoms with Gasteiger partial charge in [0.2, 0.25) is 5.91 Å². The molecule has 0 spiro atoms. The summed E-state index contributed by atoms with van der Waals surface area (Å²) in [6.07, 6.45) is 0.721. The lowest BCUT2D eigenvalue weighted by molar-refractivity contribution is -0.114. The highest BCUT2D eigenvalue weighted by molar-refractivity contribution is 5.98. The van der Waals surface area contributed by atoms with Crippen molar-refractivity contribution in [2.75, 3.05) is 37.4 Å². The van der Waals surface area contributed by atoms with Crippen LogP contribution in [0.5, 0.6) is 0 Å². The van der Waals surface area contributed by atoms with Gasteiger partial charge in [-0.25, -0.2) is 0 Å². The number of nitrogens with one attached hydrogen (secondary N) is 4. The molecule has 0 heterocycles. The minimum absolute atomic E-state index is 0.00106. The molecule has 0 aliphatic heterocycles. The van der Waals surface area contributed by atoms with Gasteiger partial charge in [-0.2, -0.15) is 0 Å². The zero-order valence-corrected chi connectivity index (χ0v) is 20.5. The molecule has 1 atom stereocenters.